The van der Waals surface area contributed by atoms with Crippen LogP contribution in [-0.4, -0.2) is 29.7 Å². The van der Waals surface area contributed by atoms with Crippen molar-refractivity contribution in [3.8, 4) is 0 Å². The molecule has 0 atom stereocenters. The fourth-order valence-corrected chi connectivity index (χ4v) is 4.66. The lowest BCUT2D eigenvalue weighted by Gasteiger charge is -2.13. The number of benzene rings is 1. The maximum atomic E-state index is 14.1. The first-order valence-electron chi connectivity index (χ1n) is 9.63. The van der Waals surface area contributed by atoms with Crippen LogP contribution in [-0.2, 0) is 16.6 Å². The van der Waals surface area contributed by atoms with Gasteiger partial charge in [-0.1, -0.05) is 25.0 Å². The van der Waals surface area contributed by atoms with Gasteiger partial charge in [-0.3, -0.25) is 0 Å². The first kappa shape index (κ1) is 19.1. The zero-order valence-electron chi connectivity index (χ0n) is 15.5. The lowest BCUT2D eigenvalue weighted by Crippen LogP contribution is -2.26. The Morgan fingerprint density at radius 2 is 1.79 bits per heavy atom. The molecule has 1 aromatic heterocycles. The molecule has 3 N–H and O–H groups in total. The highest BCUT2D eigenvalue weighted by molar-refractivity contribution is 7.90. The number of aromatic nitrogens is 2. The molecular formula is C19H24FN5O2S. The number of rotatable bonds is 8. The molecule has 0 saturated heterocycles. The van der Waals surface area contributed by atoms with E-state index in [0.29, 0.717) is 17.7 Å². The van der Waals surface area contributed by atoms with Gasteiger partial charge < -0.3 is 10.6 Å². The van der Waals surface area contributed by atoms with E-state index in [1.807, 2.05) is 0 Å². The van der Waals surface area contributed by atoms with E-state index in [0.717, 1.165) is 37.4 Å². The van der Waals surface area contributed by atoms with Gasteiger partial charge in [0, 0.05) is 18.3 Å². The van der Waals surface area contributed by atoms with Crippen LogP contribution in [0.3, 0.4) is 0 Å². The predicted molar refractivity (Wildman–Crippen MR) is 106 cm³/mol. The minimum atomic E-state index is -3.20. The molecule has 4 rings (SSSR count). The second kappa shape index (κ2) is 8.00. The third kappa shape index (κ3) is 4.77. The first-order chi connectivity index (χ1) is 13.5. The molecule has 2 aliphatic carbocycles. The summed E-state index contributed by atoms with van der Waals surface area (Å²) in [5.41, 5.74) is 1.50. The summed E-state index contributed by atoms with van der Waals surface area (Å²) >= 11 is 0. The topological polar surface area (TPSA) is 96.0 Å². The molecule has 150 valence electrons. The molecule has 2 aliphatic rings. The highest BCUT2D eigenvalue weighted by Gasteiger charge is 2.35. The van der Waals surface area contributed by atoms with Crippen LogP contribution in [0, 0.1) is 5.82 Å². The monoisotopic (exact) mass is 405 g/mol. The minimum absolute atomic E-state index is 0.109. The molecule has 2 saturated carbocycles. The Morgan fingerprint density at radius 1 is 1.07 bits per heavy atom. The van der Waals surface area contributed by atoms with Crippen LogP contribution in [0.25, 0.3) is 0 Å². The van der Waals surface area contributed by atoms with Gasteiger partial charge in [0.2, 0.25) is 16.0 Å². The van der Waals surface area contributed by atoms with E-state index < -0.39 is 15.8 Å². The van der Waals surface area contributed by atoms with Crippen molar-refractivity contribution in [2.24, 2.45) is 0 Å². The molecule has 1 heterocycles. The van der Waals surface area contributed by atoms with Gasteiger partial charge in [-0.2, -0.15) is 4.98 Å². The zero-order valence-corrected chi connectivity index (χ0v) is 16.3. The SMILES string of the molecule is O=S(=O)(NCc1ccc(Nc2nc(NC3CCCC3)ncc2F)cc1)C1CC1. The van der Waals surface area contributed by atoms with Crippen molar-refractivity contribution in [3.63, 3.8) is 0 Å². The molecule has 9 heteroatoms. The Hall–Kier alpha value is -2.26. The molecular weight excluding hydrogens is 381 g/mol. The van der Waals surface area contributed by atoms with Crippen molar-refractivity contribution in [1.82, 2.24) is 14.7 Å². The first-order valence-corrected chi connectivity index (χ1v) is 11.2. The molecule has 0 amide bonds. The summed E-state index contributed by atoms with van der Waals surface area (Å²) in [5.74, 6) is -0.00201. The zero-order chi connectivity index (χ0) is 19.6. The Bertz CT molecular complexity index is 926. The van der Waals surface area contributed by atoms with E-state index in [1.54, 1.807) is 24.3 Å². The minimum Gasteiger partial charge on any atom is -0.351 e. The summed E-state index contributed by atoms with van der Waals surface area (Å²) in [6, 6.07) is 7.49. The van der Waals surface area contributed by atoms with Crippen molar-refractivity contribution in [3.05, 3.63) is 41.8 Å². The highest BCUT2D eigenvalue weighted by atomic mass is 32.2. The standard InChI is InChI=1S/C19H24FN5O2S/c20-17-12-21-19(24-14-3-1-2-4-14)25-18(17)23-15-7-5-13(6-8-15)11-22-28(26,27)16-9-10-16/h5-8,12,14,16,22H,1-4,9-11H2,(H2,21,23,24,25). The van der Waals surface area contributed by atoms with Gasteiger partial charge in [-0.15, -0.1) is 0 Å². The van der Waals surface area contributed by atoms with E-state index >= 15 is 0 Å². The van der Waals surface area contributed by atoms with Crippen molar-refractivity contribution >= 4 is 27.5 Å². The fraction of sp³-hybridized carbons (Fsp3) is 0.474. The summed E-state index contributed by atoms with van der Waals surface area (Å²) in [4.78, 5) is 8.27. The lowest BCUT2D eigenvalue weighted by molar-refractivity contribution is 0.580. The smallest absolute Gasteiger partial charge is 0.225 e. The Labute approximate surface area is 164 Å². The Kier molecular flexibility index (Phi) is 5.45. The molecule has 2 aromatic rings. The van der Waals surface area contributed by atoms with E-state index in [9.17, 15) is 12.8 Å². The Morgan fingerprint density at radius 3 is 2.46 bits per heavy atom. The molecule has 0 bridgehead atoms. The largest absolute Gasteiger partial charge is 0.351 e. The van der Waals surface area contributed by atoms with Crippen LogP contribution >= 0.6 is 0 Å². The van der Waals surface area contributed by atoms with Gasteiger partial charge in [-0.05, 0) is 43.4 Å². The van der Waals surface area contributed by atoms with E-state index in [1.165, 1.54) is 12.8 Å². The quantitative estimate of drug-likeness (QED) is 0.624. The van der Waals surface area contributed by atoms with Gasteiger partial charge in [-0.25, -0.2) is 22.5 Å². The number of nitrogens with zero attached hydrogens (tertiary/aromatic N) is 2. The van der Waals surface area contributed by atoms with Crippen molar-refractivity contribution in [2.75, 3.05) is 10.6 Å². The maximum Gasteiger partial charge on any atom is 0.225 e. The molecule has 0 unspecified atom stereocenters. The van der Waals surface area contributed by atoms with Crippen LogP contribution in [0.2, 0.25) is 0 Å². The Balaban J connectivity index is 1.38. The predicted octanol–water partition coefficient (Wildman–Crippen LogP) is 3.30. The normalized spacial score (nSPS) is 17.6. The average Bonchev–Trinajstić information content (AvgIpc) is 3.43. The molecule has 0 aliphatic heterocycles. The van der Waals surface area contributed by atoms with E-state index in [4.69, 9.17) is 0 Å². The second-order valence-electron chi connectivity index (χ2n) is 7.40. The van der Waals surface area contributed by atoms with Gasteiger partial charge in [0.25, 0.3) is 0 Å². The molecule has 1 aromatic carbocycles. The maximum absolute atomic E-state index is 14.1. The fourth-order valence-electron chi connectivity index (χ4n) is 3.30. The van der Waals surface area contributed by atoms with Crippen molar-refractivity contribution in [2.45, 2.75) is 56.4 Å². The van der Waals surface area contributed by atoms with Gasteiger partial charge in [0.05, 0.1) is 11.4 Å². The summed E-state index contributed by atoms with van der Waals surface area (Å²) in [5, 5.41) is 5.98. The van der Waals surface area contributed by atoms with E-state index in [-0.39, 0.29) is 17.6 Å². The summed E-state index contributed by atoms with van der Waals surface area (Å²) < 4.78 is 40.5. The molecule has 0 radical (unpaired) electrons. The number of hydrogen-bond acceptors (Lipinski definition) is 6. The van der Waals surface area contributed by atoms with Crippen LogP contribution < -0.4 is 15.4 Å². The van der Waals surface area contributed by atoms with Crippen molar-refractivity contribution < 1.29 is 12.8 Å². The van der Waals surface area contributed by atoms with Crippen LogP contribution in [0.1, 0.15) is 44.1 Å². The van der Waals surface area contributed by atoms with Gasteiger partial charge in [0.1, 0.15) is 0 Å². The number of anilines is 3. The van der Waals surface area contributed by atoms with Crippen LogP contribution in [0.4, 0.5) is 21.8 Å². The summed E-state index contributed by atoms with van der Waals surface area (Å²) in [7, 11) is -3.20. The van der Waals surface area contributed by atoms with Crippen LogP contribution in [0.15, 0.2) is 30.5 Å². The molecule has 7 nitrogen and oxygen atoms in total. The number of halogens is 1. The highest BCUT2D eigenvalue weighted by Crippen LogP contribution is 2.27. The number of sulfonamides is 1. The second-order valence-corrected chi connectivity index (χ2v) is 9.45. The van der Waals surface area contributed by atoms with E-state index in [2.05, 4.69) is 25.3 Å². The molecule has 28 heavy (non-hydrogen) atoms. The number of hydrogen-bond donors (Lipinski definition) is 3. The third-order valence-corrected chi connectivity index (χ3v) is 6.99. The molecule has 2 fully saturated rings. The summed E-state index contributed by atoms with van der Waals surface area (Å²) in [6.45, 7) is 0.246. The lowest BCUT2D eigenvalue weighted by atomic mass is 10.2. The summed E-state index contributed by atoms with van der Waals surface area (Å²) in [6.07, 6.45) is 7.17. The van der Waals surface area contributed by atoms with Crippen LogP contribution in [0.5, 0.6) is 0 Å². The van der Waals surface area contributed by atoms with Gasteiger partial charge >= 0.3 is 0 Å². The van der Waals surface area contributed by atoms with Gasteiger partial charge in [0.15, 0.2) is 11.6 Å². The third-order valence-electron chi connectivity index (χ3n) is 5.09. The molecule has 0 spiro atoms. The number of nitrogens with one attached hydrogen (secondary N) is 3. The van der Waals surface area contributed by atoms with Crippen molar-refractivity contribution in [1.29, 1.82) is 0 Å². The average molecular weight is 405 g/mol.